The monoisotopic (exact) mass is 438 g/mol. The minimum Gasteiger partial charge on any atom is -0.497 e. The number of nitrogens with zero attached hydrogens (tertiary/aromatic N) is 2. The van der Waals surface area contributed by atoms with E-state index in [1.807, 2.05) is 24.3 Å². The third kappa shape index (κ3) is 5.16. The molecule has 31 heavy (non-hydrogen) atoms. The summed E-state index contributed by atoms with van der Waals surface area (Å²) in [5.74, 6) is 0.836. The van der Waals surface area contributed by atoms with Gasteiger partial charge in [0.15, 0.2) is 5.82 Å². The number of aromatic nitrogens is 2. The van der Waals surface area contributed by atoms with Crippen molar-refractivity contribution in [3.05, 3.63) is 54.5 Å². The molecular weight excluding hydrogens is 416 g/mol. The van der Waals surface area contributed by atoms with Gasteiger partial charge in [0.1, 0.15) is 10.8 Å². The van der Waals surface area contributed by atoms with E-state index in [-0.39, 0.29) is 11.9 Å². The van der Waals surface area contributed by atoms with Crippen LogP contribution in [-0.2, 0) is 0 Å². The Bertz CT molecular complexity index is 1050. The molecule has 3 aromatic rings. The molecule has 4 rings (SSSR count). The highest BCUT2D eigenvalue weighted by atomic mass is 32.1. The Labute approximate surface area is 183 Å². The number of urea groups is 1. The number of nitrogens with one attached hydrogen (secondary N) is 4. The summed E-state index contributed by atoms with van der Waals surface area (Å²) in [6.07, 6.45) is 5.31. The van der Waals surface area contributed by atoms with Crippen LogP contribution >= 0.6 is 11.3 Å². The molecule has 1 atom stereocenters. The van der Waals surface area contributed by atoms with E-state index in [1.165, 1.54) is 29.9 Å². The summed E-state index contributed by atoms with van der Waals surface area (Å²) in [6, 6.07) is 8.90. The molecule has 2 aromatic heterocycles. The Morgan fingerprint density at radius 1 is 1.19 bits per heavy atom. The lowest BCUT2D eigenvalue weighted by atomic mass is 10.1. The van der Waals surface area contributed by atoms with Gasteiger partial charge >= 0.3 is 6.03 Å². The minimum atomic E-state index is -0.500. The Morgan fingerprint density at radius 2 is 2.03 bits per heavy atom. The molecule has 0 unspecified atom stereocenters. The second-order valence-corrected chi connectivity index (χ2v) is 7.97. The fourth-order valence-corrected chi connectivity index (χ4v) is 4.26. The van der Waals surface area contributed by atoms with Gasteiger partial charge in [0.05, 0.1) is 18.9 Å². The Hall–Kier alpha value is -3.50. The zero-order valence-electron chi connectivity index (χ0n) is 16.8. The van der Waals surface area contributed by atoms with Gasteiger partial charge in [-0.1, -0.05) is 0 Å². The molecule has 0 bridgehead atoms. The van der Waals surface area contributed by atoms with Gasteiger partial charge in [0.25, 0.3) is 5.91 Å². The van der Waals surface area contributed by atoms with Crippen LogP contribution in [0.1, 0.15) is 16.8 Å². The second-order valence-electron chi connectivity index (χ2n) is 6.91. The predicted octanol–water partition coefficient (Wildman–Crippen LogP) is 2.95. The molecule has 4 N–H and O–H groups in total. The zero-order valence-corrected chi connectivity index (χ0v) is 17.7. The van der Waals surface area contributed by atoms with Gasteiger partial charge < -0.3 is 15.4 Å². The first-order chi connectivity index (χ1) is 15.1. The van der Waals surface area contributed by atoms with E-state index in [0.717, 1.165) is 35.7 Å². The number of thiophene rings is 1. The fraction of sp³-hybridized carbons (Fsp3) is 0.238. The summed E-state index contributed by atoms with van der Waals surface area (Å²) in [5, 5.41) is 12.1. The lowest BCUT2D eigenvalue weighted by Gasteiger charge is -2.12. The van der Waals surface area contributed by atoms with E-state index in [2.05, 4.69) is 31.2 Å². The highest BCUT2D eigenvalue weighted by Crippen LogP contribution is 2.36. The number of hydrogen-bond donors (Lipinski definition) is 4. The molecule has 0 spiro atoms. The standard InChI is InChI=1S/C21H22N6O3S/c1-30-15-4-2-13(3-5-15)17-10-16(19(28)25-14-6-7-22-11-14)20(31-17)27-21(29)26-18-12-23-8-9-24-18/h2-5,8-10,12,14,22H,6-7,11H2,1H3,(H,25,28)(H2,24,26,27,29)/t14-/m0/s1. The predicted molar refractivity (Wildman–Crippen MR) is 120 cm³/mol. The summed E-state index contributed by atoms with van der Waals surface area (Å²) in [5.41, 5.74) is 1.33. The van der Waals surface area contributed by atoms with Gasteiger partial charge in [-0.05, 0) is 48.9 Å². The molecule has 1 aromatic carbocycles. The van der Waals surface area contributed by atoms with Crippen molar-refractivity contribution in [1.82, 2.24) is 20.6 Å². The second kappa shape index (κ2) is 9.54. The molecule has 1 aliphatic heterocycles. The van der Waals surface area contributed by atoms with Crippen LogP contribution in [0.5, 0.6) is 5.75 Å². The van der Waals surface area contributed by atoms with Crippen molar-refractivity contribution in [3.8, 4) is 16.2 Å². The maximum atomic E-state index is 13.0. The van der Waals surface area contributed by atoms with Crippen molar-refractivity contribution in [2.45, 2.75) is 12.5 Å². The van der Waals surface area contributed by atoms with Gasteiger partial charge in [-0.3, -0.25) is 20.4 Å². The van der Waals surface area contributed by atoms with Crippen molar-refractivity contribution in [3.63, 3.8) is 0 Å². The van der Waals surface area contributed by atoms with Gasteiger partial charge in [-0.25, -0.2) is 9.78 Å². The number of anilines is 2. The quantitative estimate of drug-likeness (QED) is 0.470. The third-order valence-electron chi connectivity index (χ3n) is 4.78. The molecule has 1 aliphatic rings. The topological polar surface area (TPSA) is 117 Å². The van der Waals surface area contributed by atoms with E-state index in [1.54, 1.807) is 13.2 Å². The van der Waals surface area contributed by atoms with Crippen LogP contribution < -0.4 is 26.0 Å². The first kappa shape index (κ1) is 20.8. The van der Waals surface area contributed by atoms with E-state index < -0.39 is 6.03 Å². The van der Waals surface area contributed by atoms with Crippen LogP contribution in [0.3, 0.4) is 0 Å². The van der Waals surface area contributed by atoms with Crippen molar-refractivity contribution in [2.24, 2.45) is 0 Å². The van der Waals surface area contributed by atoms with Crippen LogP contribution in [0.4, 0.5) is 15.6 Å². The van der Waals surface area contributed by atoms with E-state index in [0.29, 0.717) is 16.4 Å². The zero-order chi connectivity index (χ0) is 21.6. The number of amides is 3. The van der Waals surface area contributed by atoms with Crippen molar-refractivity contribution >= 4 is 34.1 Å². The largest absolute Gasteiger partial charge is 0.497 e. The lowest BCUT2D eigenvalue weighted by Crippen LogP contribution is -2.36. The molecule has 160 valence electrons. The Morgan fingerprint density at radius 3 is 2.71 bits per heavy atom. The van der Waals surface area contributed by atoms with Crippen LogP contribution in [0, 0.1) is 0 Å². The van der Waals surface area contributed by atoms with E-state index in [4.69, 9.17) is 4.74 Å². The van der Waals surface area contributed by atoms with Crippen molar-refractivity contribution in [1.29, 1.82) is 0 Å². The number of carbonyl (C=O) groups is 2. The molecule has 10 heteroatoms. The van der Waals surface area contributed by atoms with Gasteiger partial charge in [-0.15, -0.1) is 11.3 Å². The fourth-order valence-electron chi connectivity index (χ4n) is 3.21. The molecule has 1 saturated heterocycles. The maximum Gasteiger partial charge on any atom is 0.325 e. The number of hydrogen-bond acceptors (Lipinski definition) is 7. The molecule has 9 nitrogen and oxygen atoms in total. The highest BCUT2D eigenvalue weighted by molar-refractivity contribution is 7.20. The van der Waals surface area contributed by atoms with Crippen LogP contribution in [0.25, 0.3) is 10.4 Å². The highest BCUT2D eigenvalue weighted by Gasteiger charge is 2.23. The summed E-state index contributed by atoms with van der Waals surface area (Å²) in [6.45, 7) is 1.61. The lowest BCUT2D eigenvalue weighted by molar-refractivity contribution is 0.0941. The molecule has 0 aliphatic carbocycles. The molecular formula is C21H22N6O3S. The van der Waals surface area contributed by atoms with Crippen molar-refractivity contribution in [2.75, 3.05) is 30.8 Å². The van der Waals surface area contributed by atoms with Crippen LogP contribution in [-0.4, -0.2) is 48.1 Å². The van der Waals surface area contributed by atoms with E-state index in [9.17, 15) is 9.59 Å². The average molecular weight is 439 g/mol. The number of benzene rings is 1. The van der Waals surface area contributed by atoms with E-state index >= 15 is 0 Å². The summed E-state index contributed by atoms with van der Waals surface area (Å²) >= 11 is 1.33. The summed E-state index contributed by atoms with van der Waals surface area (Å²) < 4.78 is 5.21. The molecule has 0 radical (unpaired) electrons. The first-order valence-corrected chi connectivity index (χ1v) is 10.6. The van der Waals surface area contributed by atoms with Crippen molar-refractivity contribution < 1.29 is 14.3 Å². The van der Waals surface area contributed by atoms with Crippen LogP contribution in [0.2, 0.25) is 0 Å². The smallest absolute Gasteiger partial charge is 0.325 e. The maximum absolute atomic E-state index is 13.0. The summed E-state index contributed by atoms with van der Waals surface area (Å²) in [4.78, 5) is 34.3. The SMILES string of the molecule is COc1ccc(-c2cc(C(=O)N[C@H]3CCNC3)c(NC(=O)Nc3cnccn3)s2)cc1. The number of rotatable bonds is 6. The first-order valence-electron chi connectivity index (χ1n) is 9.76. The number of ether oxygens (including phenoxy) is 1. The van der Waals surface area contributed by atoms with Gasteiger partial charge in [0.2, 0.25) is 0 Å². The summed E-state index contributed by atoms with van der Waals surface area (Å²) in [7, 11) is 1.61. The Kier molecular flexibility index (Phi) is 6.39. The molecule has 0 saturated carbocycles. The van der Waals surface area contributed by atoms with Crippen LogP contribution in [0.15, 0.2) is 48.9 Å². The molecule has 3 heterocycles. The van der Waals surface area contributed by atoms with Gasteiger partial charge in [-0.2, -0.15) is 0 Å². The molecule has 3 amide bonds. The Balaban J connectivity index is 1.58. The normalized spacial score (nSPS) is 15.3. The minimum absolute atomic E-state index is 0.0677. The number of carbonyl (C=O) groups excluding carboxylic acids is 2. The average Bonchev–Trinajstić information content (AvgIpc) is 3.44. The number of methoxy groups -OCH3 is 1. The van der Waals surface area contributed by atoms with Gasteiger partial charge in [0, 0.05) is 29.9 Å². The molecule has 1 fully saturated rings. The third-order valence-corrected chi connectivity index (χ3v) is 5.88.